The summed E-state index contributed by atoms with van der Waals surface area (Å²) in [6, 6.07) is 8.20. The number of aryl methyl sites for hydroxylation is 1. The molecule has 1 aliphatic heterocycles. The van der Waals surface area contributed by atoms with Gasteiger partial charge in [0.2, 0.25) is 5.91 Å². The van der Waals surface area contributed by atoms with Crippen LogP contribution in [0.25, 0.3) is 10.9 Å². The van der Waals surface area contributed by atoms with E-state index >= 15 is 0 Å². The zero-order valence-electron chi connectivity index (χ0n) is 12.6. The van der Waals surface area contributed by atoms with Gasteiger partial charge in [0.05, 0.1) is 17.1 Å². The topological polar surface area (TPSA) is 59.2 Å². The number of hydrogen-bond acceptors (Lipinski definition) is 3. The molecule has 3 rings (SSSR count). The zero-order valence-corrected chi connectivity index (χ0v) is 12.6. The summed E-state index contributed by atoms with van der Waals surface area (Å²) in [4.78, 5) is 18.5. The number of piperidine rings is 1. The van der Waals surface area contributed by atoms with E-state index in [9.17, 15) is 4.79 Å². The van der Waals surface area contributed by atoms with Crippen LogP contribution < -0.4 is 10.6 Å². The maximum absolute atomic E-state index is 11.5. The summed E-state index contributed by atoms with van der Waals surface area (Å²) in [5, 5.41) is 1.16. The third-order valence-electron chi connectivity index (χ3n) is 4.49. The number of nitrogens with two attached hydrogens (primary N) is 1. The van der Waals surface area contributed by atoms with Gasteiger partial charge in [-0.15, -0.1) is 0 Å². The average Bonchev–Trinajstić information content (AvgIpc) is 2.48. The molecule has 2 aromatic rings. The van der Waals surface area contributed by atoms with Crippen molar-refractivity contribution >= 4 is 22.5 Å². The minimum absolute atomic E-state index is 0.0506. The molecule has 0 radical (unpaired) electrons. The van der Waals surface area contributed by atoms with Crippen molar-refractivity contribution < 1.29 is 4.79 Å². The van der Waals surface area contributed by atoms with Gasteiger partial charge in [-0.2, -0.15) is 0 Å². The lowest BCUT2D eigenvalue weighted by Crippen LogP contribution is -2.41. The van der Waals surface area contributed by atoms with Gasteiger partial charge in [0.15, 0.2) is 0 Å². The second-order valence-corrected chi connectivity index (χ2v) is 5.88. The number of primary amides is 1. The van der Waals surface area contributed by atoms with Crippen molar-refractivity contribution in [2.45, 2.75) is 26.7 Å². The fourth-order valence-corrected chi connectivity index (χ4v) is 3.23. The molecule has 1 aromatic carbocycles. The number of carbonyl (C=O) groups is 1. The molecule has 0 bridgehead atoms. The van der Waals surface area contributed by atoms with Crippen LogP contribution in [0.3, 0.4) is 0 Å². The van der Waals surface area contributed by atoms with Crippen molar-refractivity contribution in [2.75, 3.05) is 18.0 Å². The van der Waals surface area contributed by atoms with E-state index in [0.717, 1.165) is 36.0 Å². The third-order valence-corrected chi connectivity index (χ3v) is 4.49. The summed E-state index contributed by atoms with van der Waals surface area (Å²) >= 11 is 0. The number of anilines is 1. The minimum Gasteiger partial charge on any atom is -0.370 e. The van der Waals surface area contributed by atoms with Crippen molar-refractivity contribution in [3.8, 4) is 0 Å². The summed E-state index contributed by atoms with van der Waals surface area (Å²) < 4.78 is 0. The molecule has 0 saturated carbocycles. The van der Waals surface area contributed by atoms with Crippen LogP contribution in [0.5, 0.6) is 0 Å². The van der Waals surface area contributed by atoms with Crippen molar-refractivity contribution in [2.24, 2.45) is 11.7 Å². The van der Waals surface area contributed by atoms with Crippen LogP contribution >= 0.6 is 0 Å². The summed E-state index contributed by atoms with van der Waals surface area (Å²) in [6.45, 7) is 5.83. The predicted molar refractivity (Wildman–Crippen MR) is 85.3 cm³/mol. The van der Waals surface area contributed by atoms with Crippen LogP contribution in [0.1, 0.15) is 24.1 Å². The molecule has 1 fully saturated rings. The van der Waals surface area contributed by atoms with Crippen LogP contribution in [-0.4, -0.2) is 24.0 Å². The number of benzene rings is 1. The SMILES string of the molecule is Cc1nc2ccccc2c(N2CCC[C@H](C(N)=O)C2)c1C. The Kier molecular flexibility index (Phi) is 3.53. The molecule has 2 N–H and O–H groups in total. The molecule has 1 saturated heterocycles. The third kappa shape index (κ3) is 2.46. The average molecular weight is 283 g/mol. The molecule has 0 unspecified atom stereocenters. The van der Waals surface area contributed by atoms with E-state index in [0.29, 0.717) is 6.54 Å². The molecule has 0 spiro atoms. The van der Waals surface area contributed by atoms with Crippen molar-refractivity contribution in [3.63, 3.8) is 0 Å². The highest BCUT2D eigenvalue weighted by atomic mass is 16.1. The molecule has 1 aromatic heterocycles. The zero-order chi connectivity index (χ0) is 15.0. The number of amides is 1. The monoisotopic (exact) mass is 283 g/mol. The van der Waals surface area contributed by atoms with Crippen LogP contribution in [0, 0.1) is 19.8 Å². The number of para-hydroxylation sites is 1. The molecule has 1 amide bonds. The number of hydrogen-bond donors (Lipinski definition) is 1. The first-order chi connectivity index (χ1) is 10.1. The Balaban J connectivity index is 2.10. The van der Waals surface area contributed by atoms with Gasteiger partial charge in [-0.3, -0.25) is 9.78 Å². The van der Waals surface area contributed by atoms with Crippen molar-refractivity contribution in [3.05, 3.63) is 35.5 Å². The maximum atomic E-state index is 11.5. The Morgan fingerprint density at radius 2 is 2.10 bits per heavy atom. The second-order valence-electron chi connectivity index (χ2n) is 5.88. The van der Waals surface area contributed by atoms with E-state index in [1.54, 1.807) is 0 Å². The van der Waals surface area contributed by atoms with Crippen molar-refractivity contribution in [1.29, 1.82) is 0 Å². The summed E-state index contributed by atoms with van der Waals surface area (Å²) in [7, 11) is 0. The quantitative estimate of drug-likeness (QED) is 0.921. The molecule has 110 valence electrons. The van der Waals surface area contributed by atoms with Gasteiger partial charge < -0.3 is 10.6 Å². The lowest BCUT2D eigenvalue weighted by molar-refractivity contribution is -0.122. The first kappa shape index (κ1) is 13.9. The number of nitrogens with zero attached hydrogens (tertiary/aromatic N) is 2. The highest BCUT2D eigenvalue weighted by molar-refractivity contribution is 5.94. The van der Waals surface area contributed by atoms with Crippen LogP contribution in [-0.2, 0) is 4.79 Å². The van der Waals surface area contributed by atoms with E-state index in [4.69, 9.17) is 5.73 Å². The fraction of sp³-hybridized carbons (Fsp3) is 0.412. The number of rotatable bonds is 2. The normalized spacial score (nSPS) is 19.0. The van der Waals surface area contributed by atoms with Crippen LogP contribution in [0.4, 0.5) is 5.69 Å². The molecular weight excluding hydrogens is 262 g/mol. The maximum Gasteiger partial charge on any atom is 0.222 e. The van der Waals surface area contributed by atoms with Gasteiger partial charge in [-0.25, -0.2) is 0 Å². The van der Waals surface area contributed by atoms with Crippen molar-refractivity contribution in [1.82, 2.24) is 4.98 Å². The Labute approximate surface area is 125 Å². The summed E-state index contributed by atoms with van der Waals surface area (Å²) in [5.74, 6) is -0.238. The molecule has 1 atom stereocenters. The molecule has 21 heavy (non-hydrogen) atoms. The van der Waals surface area contributed by atoms with Gasteiger partial charge in [-0.05, 0) is 38.3 Å². The largest absolute Gasteiger partial charge is 0.370 e. The minimum atomic E-state index is -0.188. The highest BCUT2D eigenvalue weighted by Gasteiger charge is 2.26. The Morgan fingerprint density at radius 3 is 2.86 bits per heavy atom. The molecule has 0 aliphatic carbocycles. The summed E-state index contributed by atoms with van der Waals surface area (Å²) in [5.41, 5.74) is 9.97. The van der Waals surface area contributed by atoms with Crippen LogP contribution in [0.2, 0.25) is 0 Å². The lowest BCUT2D eigenvalue weighted by Gasteiger charge is -2.35. The second kappa shape index (κ2) is 5.35. The Bertz CT molecular complexity index is 696. The van der Waals surface area contributed by atoms with E-state index in [1.807, 2.05) is 25.1 Å². The number of carbonyl (C=O) groups excluding carboxylic acids is 1. The Morgan fingerprint density at radius 1 is 1.33 bits per heavy atom. The molecule has 4 heteroatoms. The molecule has 1 aliphatic rings. The highest BCUT2D eigenvalue weighted by Crippen LogP contribution is 2.33. The number of aromatic nitrogens is 1. The first-order valence-electron chi connectivity index (χ1n) is 7.48. The smallest absolute Gasteiger partial charge is 0.222 e. The standard InChI is InChI=1S/C17H21N3O/c1-11-12(2)19-15-8-4-3-7-14(15)16(11)20-9-5-6-13(10-20)17(18)21/h3-4,7-8,13H,5-6,9-10H2,1-2H3,(H2,18,21)/t13-/m0/s1. The lowest BCUT2D eigenvalue weighted by atomic mass is 9.95. The van der Waals surface area contributed by atoms with E-state index < -0.39 is 0 Å². The van der Waals surface area contributed by atoms with E-state index in [-0.39, 0.29) is 11.8 Å². The summed E-state index contributed by atoms with van der Waals surface area (Å²) in [6.07, 6.45) is 1.90. The van der Waals surface area contributed by atoms with Gasteiger partial charge in [0, 0.05) is 24.2 Å². The molecular formula is C17H21N3O. The molecule has 4 nitrogen and oxygen atoms in total. The van der Waals surface area contributed by atoms with E-state index in [2.05, 4.69) is 22.9 Å². The van der Waals surface area contributed by atoms with Gasteiger partial charge in [-0.1, -0.05) is 18.2 Å². The molecule has 2 heterocycles. The predicted octanol–water partition coefficient (Wildman–Crippen LogP) is 2.55. The number of pyridine rings is 1. The number of fused-ring (bicyclic) bond motifs is 1. The van der Waals surface area contributed by atoms with Gasteiger partial charge in [0.1, 0.15) is 0 Å². The van der Waals surface area contributed by atoms with E-state index in [1.165, 1.54) is 11.3 Å². The fourth-order valence-electron chi connectivity index (χ4n) is 3.23. The first-order valence-corrected chi connectivity index (χ1v) is 7.48. The van der Waals surface area contributed by atoms with Crippen LogP contribution in [0.15, 0.2) is 24.3 Å². The Hall–Kier alpha value is -2.10. The van der Waals surface area contributed by atoms with Gasteiger partial charge in [0.25, 0.3) is 0 Å². The van der Waals surface area contributed by atoms with Gasteiger partial charge >= 0.3 is 0 Å².